The van der Waals surface area contributed by atoms with Crippen LogP contribution in [-0.4, -0.2) is 64.5 Å². The maximum atomic E-state index is 13.8. The van der Waals surface area contributed by atoms with Gasteiger partial charge in [0, 0.05) is 26.2 Å². The first-order valence-corrected chi connectivity index (χ1v) is 9.33. The van der Waals surface area contributed by atoms with Crippen LogP contribution in [0.4, 0.5) is 8.78 Å². The molecule has 1 saturated heterocycles. The summed E-state index contributed by atoms with van der Waals surface area (Å²) in [6, 6.07) is 1.73. The third kappa shape index (κ3) is 3.44. The van der Waals surface area contributed by atoms with E-state index in [0.29, 0.717) is 6.07 Å². The lowest BCUT2D eigenvalue weighted by Crippen LogP contribution is -2.51. The number of nitrogens with zero attached hydrogens (tertiary/aromatic N) is 5. The smallest absolute Gasteiger partial charge is 0.247 e. The minimum Gasteiger partial charge on any atom is -0.338 e. The first-order chi connectivity index (χ1) is 12.3. The van der Waals surface area contributed by atoms with Gasteiger partial charge in [-0.05, 0) is 25.1 Å². The van der Waals surface area contributed by atoms with Gasteiger partial charge in [-0.3, -0.25) is 4.79 Å². The molecule has 8 nitrogen and oxygen atoms in total. The van der Waals surface area contributed by atoms with Crippen LogP contribution in [0.1, 0.15) is 13.0 Å². The molecule has 0 spiro atoms. The lowest BCUT2D eigenvalue weighted by atomic mass is 10.2. The average molecular weight is 385 g/mol. The summed E-state index contributed by atoms with van der Waals surface area (Å²) in [5.74, 6) is -2.06. The third-order valence-corrected chi connectivity index (χ3v) is 6.17. The van der Waals surface area contributed by atoms with Gasteiger partial charge < -0.3 is 4.90 Å². The van der Waals surface area contributed by atoms with E-state index in [4.69, 9.17) is 0 Å². The van der Waals surface area contributed by atoms with Crippen molar-refractivity contribution in [2.24, 2.45) is 0 Å². The number of sulfonamides is 1. The summed E-state index contributed by atoms with van der Waals surface area (Å²) in [7, 11) is -4.17. The molecule has 2 aromatic rings. The van der Waals surface area contributed by atoms with E-state index in [0.717, 1.165) is 16.4 Å². The average Bonchev–Trinajstić information content (AvgIpc) is 3.17. The maximum Gasteiger partial charge on any atom is 0.247 e. The zero-order valence-electron chi connectivity index (χ0n) is 13.9. The largest absolute Gasteiger partial charge is 0.338 e. The molecular formula is C15H17F2N5O3S. The molecule has 26 heavy (non-hydrogen) atoms. The fourth-order valence-electron chi connectivity index (χ4n) is 2.76. The molecule has 1 aromatic heterocycles. The molecule has 3 rings (SSSR count). The zero-order valence-corrected chi connectivity index (χ0v) is 14.7. The quantitative estimate of drug-likeness (QED) is 0.771. The number of carbonyl (C=O) groups is 1. The highest BCUT2D eigenvalue weighted by Gasteiger charge is 2.33. The highest BCUT2D eigenvalue weighted by molar-refractivity contribution is 7.89. The van der Waals surface area contributed by atoms with E-state index in [-0.39, 0.29) is 32.1 Å². The van der Waals surface area contributed by atoms with Gasteiger partial charge >= 0.3 is 0 Å². The molecule has 1 aliphatic rings. The molecule has 1 aromatic carbocycles. The molecule has 2 heterocycles. The van der Waals surface area contributed by atoms with E-state index in [1.165, 1.54) is 22.2 Å². The summed E-state index contributed by atoms with van der Waals surface area (Å²) in [5, 5.41) is 3.92. The van der Waals surface area contributed by atoms with Crippen molar-refractivity contribution in [3.8, 4) is 0 Å². The Bertz CT molecular complexity index is 896. The lowest BCUT2D eigenvalue weighted by molar-refractivity contribution is -0.135. The van der Waals surface area contributed by atoms with Crippen LogP contribution in [0, 0.1) is 11.6 Å². The molecule has 0 radical (unpaired) electrons. The summed E-state index contributed by atoms with van der Waals surface area (Å²) in [5.41, 5.74) is 0. The van der Waals surface area contributed by atoms with Crippen LogP contribution >= 0.6 is 0 Å². The van der Waals surface area contributed by atoms with Crippen molar-refractivity contribution in [2.75, 3.05) is 26.2 Å². The summed E-state index contributed by atoms with van der Waals surface area (Å²) < 4.78 is 54.7. The Morgan fingerprint density at radius 3 is 2.50 bits per heavy atom. The van der Waals surface area contributed by atoms with Crippen LogP contribution in [-0.2, 0) is 14.8 Å². The normalized spacial score (nSPS) is 17.3. The molecule has 0 N–H and O–H groups in total. The predicted octanol–water partition coefficient (Wildman–Crippen LogP) is 0.650. The van der Waals surface area contributed by atoms with Gasteiger partial charge in [0.2, 0.25) is 15.9 Å². The first kappa shape index (κ1) is 18.4. The molecule has 1 amide bonds. The number of hydrogen-bond acceptors (Lipinski definition) is 5. The van der Waals surface area contributed by atoms with E-state index in [9.17, 15) is 22.0 Å². The van der Waals surface area contributed by atoms with E-state index in [1.54, 1.807) is 6.92 Å². The van der Waals surface area contributed by atoms with Gasteiger partial charge in [-0.15, -0.1) is 0 Å². The Morgan fingerprint density at radius 2 is 1.88 bits per heavy atom. The minimum atomic E-state index is -4.17. The van der Waals surface area contributed by atoms with Crippen LogP contribution < -0.4 is 0 Å². The molecule has 1 aliphatic heterocycles. The van der Waals surface area contributed by atoms with Gasteiger partial charge in [-0.1, -0.05) is 0 Å². The van der Waals surface area contributed by atoms with Crippen molar-refractivity contribution in [1.82, 2.24) is 24.0 Å². The van der Waals surface area contributed by atoms with Gasteiger partial charge in [0.25, 0.3) is 0 Å². The number of halogens is 2. The van der Waals surface area contributed by atoms with Crippen LogP contribution in [0.2, 0.25) is 0 Å². The Morgan fingerprint density at radius 1 is 1.19 bits per heavy atom. The first-order valence-electron chi connectivity index (χ1n) is 7.89. The van der Waals surface area contributed by atoms with Crippen molar-refractivity contribution in [2.45, 2.75) is 17.9 Å². The Labute approximate surface area is 149 Å². The number of piperazine rings is 1. The van der Waals surface area contributed by atoms with Gasteiger partial charge in [-0.25, -0.2) is 26.9 Å². The van der Waals surface area contributed by atoms with Gasteiger partial charge in [-0.2, -0.15) is 9.40 Å². The number of aromatic nitrogens is 3. The van der Waals surface area contributed by atoms with E-state index >= 15 is 0 Å². The Kier molecular flexibility index (Phi) is 5.01. The van der Waals surface area contributed by atoms with Crippen LogP contribution in [0.25, 0.3) is 0 Å². The minimum absolute atomic E-state index is 0.00585. The molecule has 1 fully saturated rings. The van der Waals surface area contributed by atoms with Crippen molar-refractivity contribution in [3.05, 3.63) is 42.5 Å². The molecule has 1 atom stereocenters. The summed E-state index contributed by atoms with van der Waals surface area (Å²) >= 11 is 0. The summed E-state index contributed by atoms with van der Waals surface area (Å²) in [6.45, 7) is 1.95. The highest BCUT2D eigenvalue weighted by Crippen LogP contribution is 2.22. The number of rotatable bonds is 4. The molecular weight excluding hydrogens is 368 g/mol. The maximum absolute atomic E-state index is 13.8. The lowest BCUT2D eigenvalue weighted by Gasteiger charge is -2.35. The van der Waals surface area contributed by atoms with Crippen LogP contribution in [0.3, 0.4) is 0 Å². The fourth-order valence-corrected chi connectivity index (χ4v) is 4.26. The fraction of sp³-hybridized carbons (Fsp3) is 0.400. The molecule has 0 unspecified atom stereocenters. The molecule has 11 heteroatoms. The Hall–Kier alpha value is -2.40. The SMILES string of the molecule is C[C@@H](C(=O)N1CCN(S(=O)(=O)c2cc(F)ccc2F)CC1)n1cncn1. The van der Waals surface area contributed by atoms with Gasteiger partial charge in [0.05, 0.1) is 0 Å². The molecule has 0 saturated carbocycles. The predicted molar refractivity (Wildman–Crippen MR) is 86.4 cm³/mol. The van der Waals surface area contributed by atoms with Crippen molar-refractivity contribution in [1.29, 1.82) is 0 Å². The van der Waals surface area contributed by atoms with Crippen LogP contribution in [0.15, 0.2) is 35.7 Å². The number of benzene rings is 1. The summed E-state index contributed by atoms with van der Waals surface area (Å²) in [4.78, 5) is 17.1. The van der Waals surface area contributed by atoms with Crippen molar-refractivity contribution < 1.29 is 22.0 Å². The second-order valence-electron chi connectivity index (χ2n) is 5.86. The van der Waals surface area contributed by atoms with Crippen molar-refractivity contribution in [3.63, 3.8) is 0 Å². The zero-order chi connectivity index (χ0) is 18.9. The molecule has 140 valence electrons. The van der Waals surface area contributed by atoms with Crippen molar-refractivity contribution >= 4 is 15.9 Å². The van der Waals surface area contributed by atoms with E-state index < -0.39 is 32.6 Å². The number of carbonyl (C=O) groups excluding carboxylic acids is 1. The van der Waals surface area contributed by atoms with E-state index in [2.05, 4.69) is 10.1 Å². The second-order valence-corrected chi connectivity index (χ2v) is 7.76. The molecule has 0 bridgehead atoms. The van der Waals surface area contributed by atoms with Gasteiger partial charge in [0.15, 0.2) is 0 Å². The van der Waals surface area contributed by atoms with E-state index in [1.807, 2.05) is 0 Å². The number of hydrogen-bond donors (Lipinski definition) is 0. The number of amides is 1. The van der Waals surface area contributed by atoms with Gasteiger partial charge in [0.1, 0.15) is 35.2 Å². The second kappa shape index (κ2) is 7.08. The summed E-state index contributed by atoms with van der Waals surface area (Å²) in [6.07, 6.45) is 2.75. The highest BCUT2D eigenvalue weighted by atomic mass is 32.2. The molecule has 0 aliphatic carbocycles. The third-order valence-electron chi connectivity index (χ3n) is 4.25. The Balaban J connectivity index is 1.70. The topological polar surface area (TPSA) is 88.4 Å². The standard InChI is InChI=1S/C15H17F2N5O3S/c1-11(22-10-18-9-19-22)15(23)20-4-6-21(7-5-20)26(24,25)14-8-12(16)2-3-13(14)17/h2-3,8-11H,4-7H2,1H3/t11-/m0/s1. The monoisotopic (exact) mass is 385 g/mol. The van der Waals surface area contributed by atoms with Crippen LogP contribution in [0.5, 0.6) is 0 Å².